The lowest BCUT2D eigenvalue weighted by Crippen LogP contribution is -2.41. The summed E-state index contributed by atoms with van der Waals surface area (Å²) in [6.07, 6.45) is 7.23. The lowest BCUT2D eigenvalue weighted by atomic mass is 10.1. The van der Waals surface area contributed by atoms with Crippen LogP contribution in [-0.2, 0) is 51.4 Å². The Morgan fingerprint density at radius 3 is 1.61 bits per heavy atom. The maximum Gasteiger partial charge on any atom is 0.306 e. The fourth-order valence-electron chi connectivity index (χ4n) is 6.55. The molecule has 2 saturated heterocycles. The first-order valence-corrected chi connectivity index (χ1v) is 30.2. The van der Waals surface area contributed by atoms with Gasteiger partial charge in [0.2, 0.25) is 29.5 Å². The molecule has 358 valence electrons. The van der Waals surface area contributed by atoms with Crippen LogP contribution in [0.3, 0.4) is 0 Å². The van der Waals surface area contributed by atoms with E-state index in [0.717, 1.165) is 44.9 Å². The second-order valence-electron chi connectivity index (χ2n) is 17.5. The zero-order chi connectivity index (χ0) is 46.0. The summed E-state index contributed by atoms with van der Waals surface area (Å²) in [6.45, 7) is 21.1. The lowest BCUT2D eigenvalue weighted by molar-refractivity contribution is -0.150. The van der Waals surface area contributed by atoms with E-state index >= 15 is 0 Å². The number of nitrogens with zero attached hydrogens (tertiary/aromatic N) is 3. The molecule has 5 amide bonds. The molecule has 2 aliphatic rings. The molecule has 0 aromatic heterocycles. The van der Waals surface area contributed by atoms with E-state index in [0.29, 0.717) is 71.7 Å². The fraction of sp³-hybridized carbons (Fsp3) is 0.833. The van der Waals surface area contributed by atoms with Crippen LogP contribution in [0.5, 0.6) is 0 Å². The van der Waals surface area contributed by atoms with Gasteiger partial charge in [-0.2, -0.15) is 5.26 Å². The minimum absolute atomic E-state index is 0. The first-order chi connectivity index (χ1) is 28.6. The van der Waals surface area contributed by atoms with E-state index in [9.17, 15) is 28.8 Å². The van der Waals surface area contributed by atoms with Gasteiger partial charge in [0.25, 0.3) is 0 Å². The standard InChI is InChI=1S/C21H39N3O6Si.C20H38N3O5PSi.CH4/c1-16(25)23-12-8-6-7-9-20(27)24-14-18(13-17(24)15-29-31(3,4)5)30-21(28)11-10-19(26)22-2;1-17(24)22-12-8-6-7-10-20(25)23-15-19(28-29(2)26-13-9-11-21)14-18(23)16-27-30(3,4)5;/h17-18H,6-15H2,1-5H3,(H,22,26)(H,23,25);18-19H,6-10,12-16H2,1-5H3,(H,22,24);1H4/t17-,18+;18-,19+,29?;/m00./s1. The highest BCUT2D eigenvalue weighted by Gasteiger charge is 2.39. The summed E-state index contributed by atoms with van der Waals surface area (Å²) in [4.78, 5) is 74.6. The van der Waals surface area contributed by atoms with Crippen LogP contribution in [0, 0.1) is 11.3 Å². The second kappa shape index (κ2) is 31.8. The van der Waals surface area contributed by atoms with Crippen LogP contribution in [0.4, 0.5) is 0 Å². The SMILES string of the molecule is C.CC(=O)NCCCCCC(=O)N1C[C@H](OP(C)OCCC#N)C[C@H]1CO[Si](C)(C)C.CNC(=O)CCC(=O)O[C@@H]1C[C@@H](CO[Si](C)(C)C)N(C(=O)CCCCCNC(C)=O)C1. The number of amides is 5. The summed E-state index contributed by atoms with van der Waals surface area (Å²) >= 11 is 0. The van der Waals surface area contributed by atoms with Gasteiger partial charge in [0.05, 0.1) is 63.5 Å². The number of carbonyl (C=O) groups is 6. The summed E-state index contributed by atoms with van der Waals surface area (Å²) in [6, 6.07) is 1.97. The van der Waals surface area contributed by atoms with E-state index in [4.69, 9.17) is 27.9 Å². The van der Waals surface area contributed by atoms with Crippen LogP contribution < -0.4 is 16.0 Å². The van der Waals surface area contributed by atoms with E-state index in [1.165, 1.54) is 20.9 Å². The average Bonchev–Trinajstić information content (AvgIpc) is 3.77. The normalized spacial score (nSPS) is 19.0. The zero-order valence-corrected chi connectivity index (χ0v) is 41.6. The van der Waals surface area contributed by atoms with Crippen LogP contribution in [-0.4, -0.2) is 146 Å². The maximum atomic E-state index is 12.9. The highest BCUT2D eigenvalue weighted by atomic mass is 31.2. The van der Waals surface area contributed by atoms with Gasteiger partial charge in [-0.25, -0.2) is 0 Å². The first kappa shape index (κ1) is 59.0. The number of hydrogen-bond donors (Lipinski definition) is 3. The summed E-state index contributed by atoms with van der Waals surface area (Å²) in [7, 11) is -2.97. The molecular weight excluding hydrogens is 852 g/mol. The Bertz CT molecular complexity index is 1410. The third-order valence-electron chi connectivity index (χ3n) is 9.61. The summed E-state index contributed by atoms with van der Waals surface area (Å²) in [5.74, 6) is -0.532. The molecule has 3 N–H and O–H groups in total. The Hall–Kier alpha value is -2.99. The van der Waals surface area contributed by atoms with Crippen molar-refractivity contribution in [2.24, 2.45) is 0 Å². The Morgan fingerprint density at radius 2 is 1.18 bits per heavy atom. The van der Waals surface area contributed by atoms with Gasteiger partial charge in [-0.15, -0.1) is 0 Å². The molecule has 1 unspecified atom stereocenters. The number of rotatable bonds is 27. The monoisotopic (exact) mass is 933 g/mol. The summed E-state index contributed by atoms with van der Waals surface area (Å²) in [5.41, 5.74) is 0. The Balaban J connectivity index is 0.00000118. The quantitative estimate of drug-likeness (QED) is 0.0397. The molecular formula is C42H81N6O11PSi2. The number of esters is 1. The van der Waals surface area contributed by atoms with Gasteiger partial charge in [0.15, 0.2) is 25.0 Å². The molecule has 17 nitrogen and oxygen atoms in total. The Labute approximate surface area is 375 Å². The van der Waals surface area contributed by atoms with Crippen molar-refractivity contribution in [3.63, 3.8) is 0 Å². The van der Waals surface area contributed by atoms with Crippen molar-refractivity contribution in [1.29, 1.82) is 5.26 Å². The van der Waals surface area contributed by atoms with E-state index in [1.807, 2.05) is 11.6 Å². The van der Waals surface area contributed by atoms with Gasteiger partial charge in [-0.1, -0.05) is 20.3 Å². The van der Waals surface area contributed by atoms with Crippen molar-refractivity contribution in [3.8, 4) is 6.07 Å². The highest BCUT2D eigenvalue weighted by molar-refractivity contribution is 7.46. The molecule has 0 bridgehead atoms. The number of likely N-dealkylation sites (tertiary alicyclic amines) is 2. The molecule has 20 heteroatoms. The third-order valence-corrected chi connectivity index (χ3v) is 12.8. The van der Waals surface area contributed by atoms with E-state index in [-0.39, 0.29) is 74.1 Å². The van der Waals surface area contributed by atoms with Crippen molar-refractivity contribution < 1.29 is 51.4 Å². The predicted molar refractivity (Wildman–Crippen MR) is 247 cm³/mol. The summed E-state index contributed by atoms with van der Waals surface area (Å²) < 4.78 is 29.3. The zero-order valence-electron chi connectivity index (χ0n) is 38.7. The van der Waals surface area contributed by atoms with E-state index in [1.54, 1.807) is 4.90 Å². The van der Waals surface area contributed by atoms with Gasteiger partial charge < -0.3 is 48.4 Å². The number of nitrogens with one attached hydrogen (secondary N) is 3. The van der Waals surface area contributed by atoms with Crippen molar-refractivity contribution in [2.45, 2.75) is 168 Å². The summed E-state index contributed by atoms with van der Waals surface area (Å²) in [5, 5.41) is 16.6. The number of carbonyl (C=O) groups excluding carboxylic acids is 6. The number of nitriles is 1. The predicted octanol–water partition coefficient (Wildman–Crippen LogP) is 5.60. The van der Waals surface area contributed by atoms with Crippen LogP contribution >= 0.6 is 8.38 Å². The molecule has 2 rings (SSSR count). The molecule has 62 heavy (non-hydrogen) atoms. The van der Waals surface area contributed by atoms with E-state index in [2.05, 4.69) is 61.3 Å². The van der Waals surface area contributed by atoms with Crippen LogP contribution in [0.15, 0.2) is 0 Å². The number of hydrogen-bond acceptors (Lipinski definition) is 12. The Morgan fingerprint density at radius 1 is 0.710 bits per heavy atom. The van der Waals surface area contributed by atoms with Crippen LogP contribution in [0.25, 0.3) is 0 Å². The van der Waals surface area contributed by atoms with Crippen molar-refractivity contribution in [1.82, 2.24) is 25.8 Å². The van der Waals surface area contributed by atoms with Crippen molar-refractivity contribution >= 4 is 60.5 Å². The molecule has 0 aliphatic carbocycles. The third kappa shape index (κ3) is 28.7. The molecule has 5 atom stereocenters. The fourth-order valence-corrected chi connectivity index (χ4v) is 8.91. The lowest BCUT2D eigenvalue weighted by Gasteiger charge is -2.27. The average molecular weight is 933 g/mol. The first-order valence-electron chi connectivity index (χ1n) is 21.8. The minimum Gasteiger partial charge on any atom is -0.460 e. The second-order valence-corrected chi connectivity index (χ2v) is 27.9. The van der Waals surface area contributed by atoms with Gasteiger partial charge in [0, 0.05) is 72.9 Å². The van der Waals surface area contributed by atoms with Gasteiger partial charge in [-0.3, -0.25) is 28.8 Å². The smallest absolute Gasteiger partial charge is 0.306 e. The van der Waals surface area contributed by atoms with Gasteiger partial charge in [0.1, 0.15) is 6.10 Å². The van der Waals surface area contributed by atoms with Gasteiger partial charge in [-0.05, 0) is 71.4 Å². The molecule has 2 aliphatic heterocycles. The van der Waals surface area contributed by atoms with Crippen LogP contribution in [0.1, 0.15) is 105 Å². The molecule has 2 heterocycles. The Kier molecular flexibility index (Phi) is 30.3. The van der Waals surface area contributed by atoms with Gasteiger partial charge >= 0.3 is 5.97 Å². The van der Waals surface area contributed by atoms with Crippen molar-refractivity contribution in [3.05, 3.63) is 0 Å². The van der Waals surface area contributed by atoms with E-state index < -0.39 is 31.0 Å². The number of ether oxygens (including phenoxy) is 1. The highest BCUT2D eigenvalue weighted by Crippen LogP contribution is 2.39. The molecule has 0 radical (unpaired) electrons. The number of unbranched alkanes of at least 4 members (excludes halogenated alkanes) is 4. The molecule has 2 fully saturated rings. The molecule has 0 spiro atoms. The molecule has 0 aromatic rings. The topological polar surface area (TPSA) is 215 Å². The van der Waals surface area contributed by atoms with Crippen LogP contribution in [0.2, 0.25) is 39.3 Å². The molecule has 0 saturated carbocycles. The molecule has 0 aromatic carbocycles. The maximum absolute atomic E-state index is 12.9. The largest absolute Gasteiger partial charge is 0.460 e. The minimum atomic E-state index is -1.75. The van der Waals surface area contributed by atoms with Crippen molar-refractivity contribution in [2.75, 3.05) is 59.7 Å².